The molecule has 0 aliphatic rings. The van der Waals surface area contributed by atoms with Crippen molar-refractivity contribution in [2.45, 2.75) is 20.8 Å². The number of hydrogen-bond acceptors (Lipinski definition) is 3. The number of fused-ring (bicyclic) bond motifs is 3. The third kappa shape index (κ3) is 8.93. The Labute approximate surface area is 385 Å². The Morgan fingerprint density at radius 1 is 0.484 bits per heavy atom. The van der Waals surface area contributed by atoms with Crippen LogP contribution in [0.15, 0.2) is 109 Å². The number of nitrogens with zero attached hydrogens (tertiary/aromatic N) is 1. The molecule has 9 aromatic rings. The number of amides is 3. The van der Waals surface area contributed by atoms with E-state index in [-0.39, 0.29) is 11.6 Å². The second-order valence-electron chi connectivity index (χ2n) is 15.0. The average molecular weight is 939 g/mol. The number of carbonyl (C=O) groups excluding carboxylic acids is 3. The third-order valence-electron chi connectivity index (χ3n) is 11.0. The maximum atomic E-state index is 13.2. The number of H-pyrrole nitrogens is 2. The molecule has 3 aromatic heterocycles. The smallest absolute Gasteiger partial charge is 0.265 e. The minimum absolute atomic E-state index is 0.303. The molecule has 0 radical (unpaired) electrons. The number of benzene rings is 6. The zero-order chi connectivity index (χ0) is 46.3. The van der Waals surface area contributed by atoms with E-state index in [2.05, 4.69) is 9.97 Å². The summed E-state index contributed by atoms with van der Waals surface area (Å²) in [6.45, 7) is 5.50. The van der Waals surface area contributed by atoms with Gasteiger partial charge in [-0.05, 0) is 127 Å². The summed E-state index contributed by atoms with van der Waals surface area (Å²) >= 11 is 24.5. The van der Waals surface area contributed by atoms with Crippen molar-refractivity contribution in [1.82, 2.24) is 14.5 Å². The number of aryl methyl sites for hydroxylation is 4. The molecule has 6 aromatic carbocycles. The molecule has 9 nitrogen and oxygen atoms in total. The van der Waals surface area contributed by atoms with Crippen LogP contribution in [0.4, 0.5) is 8.78 Å². The molecule has 64 heavy (non-hydrogen) atoms. The van der Waals surface area contributed by atoms with E-state index in [1.807, 2.05) is 63.2 Å². The molecule has 0 saturated carbocycles. The van der Waals surface area contributed by atoms with Crippen LogP contribution in [0.25, 0.3) is 66.1 Å². The number of rotatable bonds is 6. The molecule has 0 fully saturated rings. The number of halogens is 6. The molecule has 15 heteroatoms. The standard InChI is InChI=1S/C17H14ClFN2O.C16H12Cl2N2O.C16H12ClFN2O/c1-9-13-7-11(18)8-14(10-3-5-12(19)6-4-10)16(13)21(2)15(9)17(20)22;1-8-12-6-11(18)7-13(9-2-4-10(17)5-3-9)15(12)20-14(8)16(19)21;1-8-12-6-10(17)7-13(9-2-4-11(18)5-3-9)15(12)20-14(8)16(19)21/h3-8H,1-2H3,(H2,20,22);2*2-7,20H,1H3,(H2,19,21). The zero-order valence-corrected chi connectivity index (χ0v) is 37.6. The van der Waals surface area contributed by atoms with Crippen molar-refractivity contribution >= 4 is 96.8 Å². The Kier molecular flexibility index (Phi) is 12.9. The van der Waals surface area contributed by atoms with Gasteiger partial charge in [-0.3, -0.25) is 14.4 Å². The minimum Gasteiger partial charge on any atom is -0.364 e. The summed E-state index contributed by atoms with van der Waals surface area (Å²) in [5.41, 5.74) is 27.4. The van der Waals surface area contributed by atoms with E-state index >= 15 is 0 Å². The first-order valence-corrected chi connectivity index (χ1v) is 20.9. The Balaban J connectivity index is 0.000000144. The molecule has 0 bridgehead atoms. The van der Waals surface area contributed by atoms with Crippen LogP contribution in [0.2, 0.25) is 20.1 Å². The van der Waals surface area contributed by atoms with Crippen molar-refractivity contribution in [2.24, 2.45) is 24.2 Å². The maximum absolute atomic E-state index is 13.2. The van der Waals surface area contributed by atoms with E-state index < -0.39 is 17.7 Å². The Hall–Kier alpha value is -6.63. The first kappa shape index (κ1) is 45.4. The Bertz CT molecular complexity index is 3160. The van der Waals surface area contributed by atoms with Crippen LogP contribution in [0.1, 0.15) is 48.2 Å². The number of carbonyl (C=O) groups is 3. The predicted octanol–water partition coefficient (Wildman–Crippen LogP) is 12.6. The average Bonchev–Trinajstić information content (AvgIpc) is 3.85. The van der Waals surface area contributed by atoms with Crippen molar-refractivity contribution < 1.29 is 23.2 Å². The van der Waals surface area contributed by atoms with E-state index in [1.54, 1.807) is 54.1 Å². The molecule has 324 valence electrons. The van der Waals surface area contributed by atoms with Gasteiger partial charge in [-0.25, -0.2) is 8.78 Å². The number of aromatic nitrogens is 3. The summed E-state index contributed by atoms with van der Waals surface area (Å²) in [4.78, 5) is 40.8. The summed E-state index contributed by atoms with van der Waals surface area (Å²) in [6.07, 6.45) is 0. The van der Waals surface area contributed by atoms with Crippen LogP contribution in [0, 0.1) is 32.4 Å². The fourth-order valence-electron chi connectivity index (χ4n) is 7.93. The van der Waals surface area contributed by atoms with Gasteiger partial charge < -0.3 is 31.7 Å². The van der Waals surface area contributed by atoms with Gasteiger partial charge in [-0.1, -0.05) is 82.8 Å². The second kappa shape index (κ2) is 18.2. The molecular formula is C49H38Cl4F2N6O3. The number of nitrogens with two attached hydrogens (primary N) is 3. The second-order valence-corrected chi connectivity index (χ2v) is 16.7. The first-order valence-electron chi connectivity index (χ1n) is 19.4. The normalized spacial score (nSPS) is 11.0. The lowest BCUT2D eigenvalue weighted by Gasteiger charge is -2.08. The maximum Gasteiger partial charge on any atom is 0.265 e. The van der Waals surface area contributed by atoms with E-state index in [0.29, 0.717) is 37.2 Å². The summed E-state index contributed by atoms with van der Waals surface area (Å²) in [7, 11) is 1.79. The van der Waals surface area contributed by atoms with Gasteiger partial charge in [0.15, 0.2) is 0 Å². The van der Waals surface area contributed by atoms with Crippen LogP contribution >= 0.6 is 46.4 Å². The summed E-state index contributed by atoms with van der Waals surface area (Å²) < 4.78 is 28.0. The highest BCUT2D eigenvalue weighted by molar-refractivity contribution is 6.33. The molecule has 8 N–H and O–H groups in total. The molecule has 0 aliphatic carbocycles. The lowest BCUT2D eigenvalue weighted by molar-refractivity contribution is 0.0985. The minimum atomic E-state index is -0.523. The molecule has 0 saturated heterocycles. The van der Waals surface area contributed by atoms with Gasteiger partial charge in [0.2, 0.25) is 0 Å². The van der Waals surface area contributed by atoms with Crippen molar-refractivity contribution in [3.05, 3.63) is 175 Å². The highest BCUT2D eigenvalue weighted by Gasteiger charge is 2.21. The van der Waals surface area contributed by atoms with Crippen molar-refractivity contribution in [1.29, 1.82) is 0 Å². The van der Waals surface area contributed by atoms with E-state index in [1.165, 1.54) is 24.3 Å². The monoisotopic (exact) mass is 936 g/mol. The van der Waals surface area contributed by atoms with Crippen LogP contribution in [-0.2, 0) is 7.05 Å². The molecule has 9 rings (SSSR count). The van der Waals surface area contributed by atoms with Crippen molar-refractivity contribution in [3.63, 3.8) is 0 Å². The topological polar surface area (TPSA) is 166 Å². The summed E-state index contributed by atoms with van der Waals surface area (Å²) in [5, 5.41) is 4.94. The summed E-state index contributed by atoms with van der Waals surface area (Å²) in [5.74, 6) is -2.11. The van der Waals surface area contributed by atoms with Gasteiger partial charge in [-0.15, -0.1) is 0 Å². The number of hydrogen-bond donors (Lipinski definition) is 5. The SMILES string of the molecule is Cc1c(C(N)=O)[nH]c2c(-c3ccc(Cl)cc3)cc(Cl)cc12.Cc1c(C(N)=O)[nH]c2c(-c3ccc(F)cc3)cc(Cl)cc12.Cc1c(C(N)=O)n(C)c2c(-c3ccc(F)cc3)cc(Cl)cc12. The molecule has 0 spiro atoms. The molecule has 0 unspecified atom stereocenters. The van der Waals surface area contributed by atoms with Crippen molar-refractivity contribution in [2.75, 3.05) is 0 Å². The summed E-state index contributed by atoms with van der Waals surface area (Å²) in [6, 6.07) is 30.6. The molecule has 0 atom stereocenters. The highest BCUT2D eigenvalue weighted by Crippen LogP contribution is 2.38. The highest BCUT2D eigenvalue weighted by atomic mass is 35.5. The van der Waals surface area contributed by atoms with Gasteiger partial charge >= 0.3 is 0 Å². The lowest BCUT2D eigenvalue weighted by Crippen LogP contribution is -2.16. The Morgan fingerprint density at radius 2 is 0.844 bits per heavy atom. The van der Waals surface area contributed by atoms with E-state index in [9.17, 15) is 23.2 Å². The van der Waals surface area contributed by atoms with Gasteiger partial charge in [-0.2, -0.15) is 0 Å². The number of primary amides is 3. The number of aromatic amines is 2. The fourth-order valence-corrected chi connectivity index (χ4v) is 8.71. The quantitative estimate of drug-likeness (QED) is 0.112. The molecule has 3 heterocycles. The van der Waals surface area contributed by atoms with Crippen LogP contribution in [0.5, 0.6) is 0 Å². The number of nitrogens with one attached hydrogen (secondary N) is 2. The molecule has 0 aliphatic heterocycles. The molecule has 3 amide bonds. The third-order valence-corrected chi connectivity index (χ3v) is 11.9. The van der Waals surface area contributed by atoms with Crippen LogP contribution < -0.4 is 17.2 Å². The largest absolute Gasteiger partial charge is 0.364 e. The van der Waals surface area contributed by atoms with Gasteiger partial charge in [0.25, 0.3) is 17.7 Å². The van der Waals surface area contributed by atoms with Crippen molar-refractivity contribution in [3.8, 4) is 33.4 Å². The van der Waals surface area contributed by atoms with Crippen LogP contribution in [0.3, 0.4) is 0 Å². The van der Waals surface area contributed by atoms with Gasteiger partial charge in [0, 0.05) is 60.0 Å². The first-order chi connectivity index (χ1) is 30.3. The van der Waals surface area contributed by atoms with E-state index in [0.717, 1.165) is 82.8 Å². The van der Waals surface area contributed by atoms with Gasteiger partial charge in [0.05, 0.1) is 16.6 Å². The fraction of sp³-hybridized carbons (Fsp3) is 0.0816. The Morgan fingerprint density at radius 3 is 1.23 bits per heavy atom. The van der Waals surface area contributed by atoms with Crippen LogP contribution in [-0.4, -0.2) is 32.3 Å². The van der Waals surface area contributed by atoms with Gasteiger partial charge in [0.1, 0.15) is 28.7 Å². The lowest BCUT2D eigenvalue weighted by atomic mass is 10.0. The zero-order valence-electron chi connectivity index (χ0n) is 34.6. The van der Waals surface area contributed by atoms with E-state index in [4.69, 9.17) is 63.6 Å². The predicted molar refractivity (Wildman–Crippen MR) is 256 cm³/mol. The molecular weight excluding hydrogens is 900 g/mol.